The number of carbonyl (C=O) groups excluding carboxylic acids is 2. The number of halogens is 3. The Labute approximate surface area is 166 Å². The Balaban J connectivity index is 1.45. The number of hydrogen-bond acceptors (Lipinski definition) is 3. The summed E-state index contributed by atoms with van der Waals surface area (Å²) in [5.41, 5.74) is 0.0926. The second-order valence-electron chi connectivity index (χ2n) is 6.35. The maximum absolute atomic E-state index is 13.3. The number of carbonyl (C=O) groups is 2. The van der Waals surface area contributed by atoms with Gasteiger partial charge >= 0.3 is 0 Å². The number of amides is 2. The molecule has 1 aliphatic rings. The fourth-order valence-electron chi connectivity index (χ4n) is 2.92. The van der Waals surface area contributed by atoms with E-state index in [4.69, 9.17) is 16.3 Å². The molecule has 0 aliphatic carbocycles. The van der Waals surface area contributed by atoms with Crippen LogP contribution in [-0.2, 0) is 4.79 Å². The van der Waals surface area contributed by atoms with E-state index in [0.29, 0.717) is 37.0 Å². The number of piperazine rings is 1. The van der Waals surface area contributed by atoms with Crippen molar-refractivity contribution in [3.8, 4) is 5.75 Å². The third-order valence-electron chi connectivity index (χ3n) is 4.48. The number of nitrogens with zero attached hydrogens (tertiary/aromatic N) is 2. The van der Waals surface area contributed by atoms with Crippen LogP contribution >= 0.6 is 11.6 Å². The third-order valence-corrected chi connectivity index (χ3v) is 4.74. The maximum Gasteiger partial charge on any atom is 0.254 e. The normalized spacial score (nSPS) is 14.1. The summed E-state index contributed by atoms with van der Waals surface area (Å²) in [5.74, 6) is -1.85. The lowest BCUT2D eigenvalue weighted by atomic mass is 10.1. The minimum Gasteiger partial charge on any atom is -0.493 e. The van der Waals surface area contributed by atoms with Gasteiger partial charge in [0, 0.05) is 36.8 Å². The average molecular weight is 409 g/mol. The monoisotopic (exact) mass is 408 g/mol. The van der Waals surface area contributed by atoms with Crippen LogP contribution in [0, 0.1) is 11.6 Å². The Kier molecular flexibility index (Phi) is 6.46. The quantitative estimate of drug-likeness (QED) is 0.762. The Morgan fingerprint density at radius 1 is 0.929 bits per heavy atom. The predicted molar refractivity (Wildman–Crippen MR) is 100 cm³/mol. The second kappa shape index (κ2) is 9.01. The Hall–Kier alpha value is -2.67. The Bertz CT molecular complexity index is 853. The van der Waals surface area contributed by atoms with Gasteiger partial charge in [-0.05, 0) is 42.5 Å². The molecule has 2 aromatic rings. The number of hydrogen-bond donors (Lipinski definition) is 0. The van der Waals surface area contributed by atoms with E-state index >= 15 is 0 Å². The molecule has 1 fully saturated rings. The van der Waals surface area contributed by atoms with Crippen molar-refractivity contribution in [2.24, 2.45) is 0 Å². The van der Waals surface area contributed by atoms with E-state index in [0.717, 1.165) is 12.1 Å². The summed E-state index contributed by atoms with van der Waals surface area (Å²) in [6.07, 6.45) is 0.222. The molecule has 5 nitrogen and oxygen atoms in total. The second-order valence-corrected chi connectivity index (χ2v) is 6.79. The topological polar surface area (TPSA) is 49.9 Å². The first kappa shape index (κ1) is 20.1. The van der Waals surface area contributed by atoms with Gasteiger partial charge in [-0.15, -0.1) is 0 Å². The molecule has 8 heteroatoms. The summed E-state index contributed by atoms with van der Waals surface area (Å²) in [6.45, 7) is 1.68. The van der Waals surface area contributed by atoms with E-state index in [2.05, 4.69) is 0 Å². The molecular formula is C20H19ClF2N2O3. The number of rotatable bonds is 5. The highest BCUT2D eigenvalue weighted by atomic mass is 35.5. The average Bonchev–Trinajstić information content (AvgIpc) is 2.71. The molecule has 2 aromatic carbocycles. The first-order valence-corrected chi connectivity index (χ1v) is 9.22. The van der Waals surface area contributed by atoms with E-state index in [9.17, 15) is 18.4 Å². The standard InChI is InChI=1S/C20H19ClF2N2O3/c21-15-2-4-16(5-3-15)28-12-7-19(26)24-8-10-25(11-9-24)20(27)14-1-6-17(22)18(23)13-14/h1-6,13H,7-12H2. The molecule has 1 saturated heterocycles. The van der Waals surface area contributed by atoms with Crippen molar-refractivity contribution >= 4 is 23.4 Å². The lowest BCUT2D eigenvalue weighted by Crippen LogP contribution is -2.50. The molecule has 28 heavy (non-hydrogen) atoms. The summed E-state index contributed by atoms with van der Waals surface area (Å²) >= 11 is 5.81. The van der Waals surface area contributed by atoms with Gasteiger partial charge in [-0.1, -0.05) is 11.6 Å². The van der Waals surface area contributed by atoms with Gasteiger partial charge in [-0.2, -0.15) is 0 Å². The van der Waals surface area contributed by atoms with Gasteiger partial charge in [0.15, 0.2) is 11.6 Å². The van der Waals surface area contributed by atoms with Gasteiger partial charge in [0.1, 0.15) is 5.75 Å². The fourth-order valence-corrected chi connectivity index (χ4v) is 3.04. The van der Waals surface area contributed by atoms with Gasteiger partial charge in [-0.3, -0.25) is 9.59 Å². The lowest BCUT2D eigenvalue weighted by molar-refractivity contribution is -0.133. The molecular weight excluding hydrogens is 390 g/mol. The van der Waals surface area contributed by atoms with Crippen molar-refractivity contribution in [2.75, 3.05) is 32.8 Å². The van der Waals surface area contributed by atoms with Crippen molar-refractivity contribution in [3.05, 3.63) is 64.7 Å². The minimum absolute atomic E-state index is 0.0612. The SMILES string of the molecule is O=C(CCOc1ccc(Cl)cc1)N1CCN(C(=O)c2ccc(F)c(F)c2)CC1. The van der Waals surface area contributed by atoms with Crippen LogP contribution in [0.4, 0.5) is 8.78 Å². The van der Waals surface area contributed by atoms with E-state index in [1.54, 1.807) is 29.2 Å². The Morgan fingerprint density at radius 3 is 2.21 bits per heavy atom. The number of ether oxygens (including phenoxy) is 1. The van der Waals surface area contributed by atoms with Crippen LogP contribution < -0.4 is 4.74 Å². The van der Waals surface area contributed by atoms with Crippen LogP contribution in [0.3, 0.4) is 0 Å². The zero-order valence-electron chi connectivity index (χ0n) is 15.0. The van der Waals surface area contributed by atoms with Crippen LogP contribution in [0.25, 0.3) is 0 Å². The molecule has 0 N–H and O–H groups in total. The highest BCUT2D eigenvalue weighted by Gasteiger charge is 2.25. The lowest BCUT2D eigenvalue weighted by Gasteiger charge is -2.34. The first-order chi connectivity index (χ1) is 13.4. The third kappa shape index (κ3) is 4.98. The summed E-state index contributed by atoms with van der Waals surface area (Å²) in [7, 11) is 0. The molecule has 0 saturated carbocycles. The highest BCUT2D eigenvalue weighted by molar-refractivity contribution is 6.30. The molecule has 0 radical (unpaired) electrons. The van der Waals surface area contributed by atoms with Crippen molar-refractivity contribution in [3.63, 3.8) is 0 Å². The molecule has 0 bridgehead atoms. The van der Waals surface area contributed by atoms with Crippen molar-refractivity contribution in [1.29, 1.82) is 0 Å². The Morgan fingerprint density at radius 2 is 1.57 bits per heavy atom. The summed E-state index contributed by atoms with van der Waals surface area (Å²) in [4.78, 5) is 27.9. The predicted octanol–water partition coefficient (Wildman–Crippen LogP) is 3.37. The highest BCUT2D eigenvalue weighted by Crippen LogP contribution is 2.16. The zero-order chi connectivity index (χ0) is 20.1. The number of benzene rings is 2. The molecule has 148 valence electrons. The van der Waals surface area contributed by atoms with Crippen molar-refractivity contribution in [2.45, 2.75) is 6.42 Å². The van der Waals surface area contributed by atoms with E-state index in [1.165, 1.54) is 11.0 Å². The molecule has 1 heterocycles. The smallest absolute Gasteiger partial charge is 0.254 e. The molecule has 0 unspecified atom stereocenters. The van der Waals surface area contributed by atoms with Gasteiger partial charge in [-0.25, -0.2) is 8.78 Å². The van der Waals surface area contributed by atoms with E-state index in [-0.39, 0.29) is 30.4 Å². The zero-order valence-corrected chi connectivity index (χ0v) is 15.8. The molecule has 1 aliphatic heterocycles. The van der Waals surface area contributed by atoms with E-state index in [1.807, 2.05) is 0 Å². The largest absolute Gasteiger partial charge is 0.493 e. The summed E-state index contributed by atoms with van der Waals surface area (Å²) in [6, 6.07) is 9.97. The van der Waals surface area contributed by atoms with Crippen molar-refractivity contribution < 1.29 is 23.1 Å². The van der Waals surface area contributed by atoms with Gasteiger partial charge in [0.25, 0.3) is 5.91 Å². The maximum atomic E-state index is 13.3. The summed E-state index contributed by atoms with van der Waals surface area (Å²) < 4.78 is 31.9. The first-order valence-electron chi connectivity index (χ1n) is 8.84. The van der Waals surface area contributed by atoms with Crippen LogP contribution in [0.15, 0.2) is 42.5 Å². The van der Waals surface area contributed by atoms with Crippen LogP contribution in [-0.4, -0.2) is 54.4 Å². The van der Waals surface area contributed by atoms with Gasteiger partial charge in [0.05, 0.1) is 13.0 Å². The van der Waals surface area contributed by atoms with E-state index < -0.39 is 11.6 Å². The van der Waals surface area contributed by atoms with Gasteiger partial charge < -0.3 is 14.5 Å². The fraction of sp³-hybridized carbons (Fsp3) is 0.300. The summed E-state index contributed by atoms with van der Waals surface area (Å²) in [5, 5.41) is 0.610. The molecule has 3 rings (SSSR count). The molecule has 2 amide bonds. The van der Waals surface area contributed by atoms with Crippen LogP contribution in [0.5, 0.6) is 5.75 Å². The van der Waals surface area contributed by atoms with Gasteiger partial charge in [0.2, 0.25) is 5.91 Å². The van der Waals surface area contributed by atoms with Crippen LogP contribution in [0.1, 0.15) is 16.8 Å². The molecule has 0 atom stereocenters. The minimum atomic E-state index is -1.06. The molecule has 0 spiro atoms. The van der Waals surface area contributed by atoms with Crippen molar-refractivity contribution in [1.82, 2.24) is 9.80 Å². The molecule has 0 aromatic heterocycles. The van der Waals surface area contributed by atoms with Crippen LogP contribution in [0.2, 0.25) is 5.02 Å².